The summed E-state index contributed by atoms with van der Waals surface area (Å²) in [6.45, 7) is 0. The van der Waals surface area contributed by atoms with Crippen molar-refractivity contribution in [2.75, 3.05) is 7.11 Å². The highest BCUT2D eigenvalue weighted by Crippen LogP contribution is 2.37. The molecule has 0 spiro atoms. The summed E-state index contributed by atoms with van der Waals surface area (Å²) >= 11 is 12.6. The molecular formula is C11H7Br2ClN2O. The number of rotatable bonds is 2. The molecule has 1 heterocycles. The maximum absolute atomic E-state index is 5.70. The van der Waals surface area contributed by atoms with Crippen LogP contribution in [0.4, 0.5) is 0 Å². The van der Waals surface area contributed by atoms with Crippen LogP contribution in [0.2, 0.25) is 5.15 Å². The van der Waals surface area contributed by atoms with E-state index in [-0.39, 0.29) is 0 Å². The molecule has 0 aliphatic carbocycles. The van der Waals surface area contributed by atoms with Gasteiger partial charge in [0, 0.05) is 5.56 Å². The van der Waals surface area contributed by atoms with Gasteiger partial charge < -0.3 is 4.74 Å². The fourth-order valence-electron chi connectivity index (χ4n) is 1.37. The van der Waals surface area contributed by atoms with Gasteiger partial charge in [0.2, 0.25) is 0 Å². The Labute approximate surface area is 120 Å². The van der Waals surface area contributed by atoms with Crippen molar-refractivity contribution in [3.8, 4) is 17.0 Å². The lowest BCUT2D eigenvalue weighted by Gasteiger charge is -2.08. The lowest BCUT2D eigenvalue weighted by molar-refractivity contribution is 0.409. The van der Waals surface area contributed by atoms with E-state index >= 15 is 0 Å². The summed E-state index contributed by atoms with van der Waals surface area (Å²) < 4.78 is 6.93. The van der Waals surface area contributed by atoms with Gasteiger partial charge in [0.05, 0.1) is 21.7 Å². The third-order valence-electron chi connectivity index (χ3n) is 2.13. The Kier molecular flexibility index (Phi) is 4.01. The third kappa shape index (κ3) is 2.78. The first-order valence-corrected chi connectivity index (χ1v) is 6.61. The molecule has 0 amide bonds. The van der Waals surface area contributed by atoms with Crippen molar-refractivity contribution in [3.05, 3.63) is 38.4 Å². The van der Waals surface area contributed by atoms with E-state index in [0.29, 0.717) is 5.15 Å². The molecule has 6 heteroatoms. The summed E-state index contributed by atoms with van der Waals surface area (Å²) in [6, 6.07) is 7.36. The third-order valence-corrected chi connectivity index (χ3v) is 3.51. The van der Waals surface area contributed by atoms with Crippen LogP contribution in [0.15, 0.2) is 33.2 Å². The molecule has 0 N–H and O–H groups in total. The standard InChI is InChI=1S/C11H7Br2ClN2O/c1-17-11-7(12)4-6(5-8(11)13)9-2-3-10(14)16-15-9/h2-5H,1H3. The molecule has 0 saturated carbocycles. The molecular weight excluding hydrogens is 371 g/mol. The molecule has 2 rings (SSSR count). The van der Waals surface area contributed by atoms with Crippen LogP contribution in [0.5, 0.6) is 5.75 Å². The van der Waals surface area contributed by atoms with Gasteiger partial charge in [-0.3, -0.25) is 0 Å². The molecule has 3 nitrogen and oxygen atoms in total. The average molecular weight is 378 g/mol. The average Bonchev–Trinajstić information content (AvgIpc) is 2.29. The Morgan fingerprint density at radius 2 is 1.76 bits per heavy atom. The molecule has 1 aromatic heterocycles. The SMILES string of the molecule is COc1c(Br)cc(-c2ccc(Cl)nn2)cc1Br. The largest absolute Gasteiger partial charge is 0.494 e. The quantitative estimate of drug-likeness (QED) is 0.780. The van der Waals surface area contributed by atoms with E-state index in [1.165, 1.54) is 0 Å². The predicted molar refractivity (Wildman–Crippen MR) is 74.4 cm³/mol. The van der Waals surface area contributed by atoms with Gasteiger partial charge in [-0.25, -0.2) is 0 Å². The molecule has 2 aromatic rings. The minimum absolute atomic E-state index is 0.375. The lowest BCUT2D eigenvalue weighted by Crippen LogP contribution is -1.90. The minimum Gasteiger partial charge on any atom is -0.494 e. The summed E-state index contributed by atoms with van der Waals surface area (Å²) in [6.07, 6.45) is 0. The van der Waals surface area contributed by atoms with Crippen LogP contribution < -0.4 is 4.74 Å². The number of ether oxygens (including phenoxy) is 1. The summed E-state index contributed by atoms with van der Waals surface area (Å²) in [5.41, 5.74) is 1.67. The van der Waals surface area contributed by atoms with Gasteiger partial charge in [-0.2, -0.15) is 0 Å². The van der Waals surface area contributed by atoms with Crippen molar-refractivity contribution in [2.24, 2.45) is 0 Å². The van der Waals surface area contributed by atoms with Crippen molar-refractivity contribution < 1.29 is 4.74 Å². The second-order valence-corrected chi connectivity index (χ2v) is 5.31. The first kappa shape index (κ1) is 12.8. The van der Waals surface area contributed by atoms with Gasteiger partial charge in [0.1, 0.15) is 5.75 Å². The first-order chi connectivity index (χ1) is 8.11. The Bertz CT molecular complexity index is 523. The zero-order chi connectivity index (χ0) is 12.4. The Morgan fingerprint density at radius 1 is 1.12 bits per heavy atom. The molecule has 0 bridgehead atoms. The van der Waals surface area contributed by atoms with Crippen LogP contribution in [-0.2, 0) is 0 Å². The van der Waals surface area contributed by atoms with Crippen LogP contribution in [-0.4, -0.2) is 17.3 Å². The monoisotopic (exact) mass is 376 g/mol. The molecule has 88 valence electrons. The van der Waals surface area contributed by atoms with E-state index in [0.717, 1.165) is 26.0 Å². The van der Waals surface area contributed by atoms with Crippen molar-refractivity contribution in [2.45, 2.75) is 0 Å². The van der Waals surface area contributed by atoms with Gasteiger partial charge in [0.25, 0.3) is 0 Å². The first-order valence-electron chi connectivity index (χ1n) is 4.64. The number of hydrogen-bond acceptors (Lipinski definition) is 3. The van der Waals surface area contributed by atoms with E-state index in [1.807, 2.05) is 18.2 Å². The molecule has 17 heavy (non-hydrogen) atoms. The lowest BCUT2D eigenvalue weighted by atomic mass is 10.1. The van der Waals surface area contributed by atoms with E-state index in [9.17, 15) is 0 Å². The number of nitrogens with zero attached hydrogens (tertiary/aromatic N) is 2. The van der Waals surface area contributed by atoms with Crippen molar-refractivity contribution in [3.63, 3.8) is 0 Å². The van der Waals surface area contributed by atoms with Crippen LogP contribution >= 0.6 is 43.5 Å². The van der Waals surface area contributed by atoms with Crippen molar-refractivity contribution >= 4 is 43.5 Å². The molecule has 1 aromatic carbocycles. The summed E-state index contributed by atoms with van der Waals surface area (Å²) in [5, 5.41) is 8.21. The Balaban J connectivity index is 2.50. The van der Waals surface area contributed by atoms with E-state index in [1.54, 1.807) is 13.2 Å². The molecule has 0 unspecified atom stereocenters. The van der Waals surface area contributed by atoms with Crippen LogP contribution in [0, 0.1) is 0 Å². The maximum atomic E-state index is 5.70. The molecule has 0 fully saturated rings. The summed E-state index contributed by atoms with van der Waals surface area (Å²) in [5.74, 6) is 0.746. The highest BCUT2D eigenvalue weighted by molar-refractivity contribution is 9.11. The van der Waals surface area contributed by atoms with Crippen molar-refractivity contribution in [1.29, 1.82) is 0 Å². The number of aromatic nitrogens is 2. The second kappa shape index (κ2) is 5.33. The second-order valence-electron chi connectivity index (χ2n) is 3.21. The topological polar surface area (TPSA) is 35.0 Å². The van der Waals surface area contributed by atoms with Crippen LogP contribution in [0.25, 0.3) is 11.3 Å². The normalized spacial score (nSPS) is 10.4. The summed E-state index contributed by atoms with van der Waals surface area (Å²) in [4.78, 5) is 0. The van der Waals surface area contributed by atoms with Gasteiger partial charge in [-0.05, 0) is 56.1 Å². The molecule has 0 atom stereocenters. The molecule has 0 aliphatic heterocycles. The van der Waals surface area contributed by atoms with E-state index in [2.05, 4.69) is 42.1 Å². The fourth-order valence-corrected chi connectivity index (χ4v) is 2.98. The van der Waals surface area contributed by atoms with Gasteiger partial charge in [0.15, 0.2) is 5.15 Å². The van der Waals surface area contributed by atoms with Crippen molar-refractivity contribution in [1.82, 2.24) is 10.2 Å². The number of halogens is 3. The Morgan fingerprint density at radius 3 is 2.24 bits per heavy atom. The highest BCUT2D eigenvalue weighted by atomic mass is 79.9. The Hall–Kier alpha value is -0.650. The molecule has 0 saturated heterocycles. The van der Waals surface area contributed by atoms with E-state index in [4.69, 9.17) is 16.3 Å². The summed E-state index contributed by atoms with van der Waals surface area (Å²) in [7, 11) is 1.62. The number of benzene rings is 1. The van der Waals surface area contributed by atoms with Crippen LogP contribution in [0.3, 0.4) is 0 Å². The van der Waals surface area contributed by atoms with Gasteiger partial charge in [-0.15, -0.1) is 10.2 Å². The zero-order valence-corrected chi connectivity index (χ0v) is 12.7. The predicted octanol–water partition coefficient (Wildman–Crippen LogP) is 4.33. The van der Waals surface area contributed by atoms with Crippen LogP contribution in [0.1, 0.15) is 0 Å². The zero-order valence-electron chi connectivity index (χ0n) is 8.75. The van der Waals surface area contributed by atoms with E-state index < -0.39 is 0 Å². The highest BCUT2D eigenvalue weighted by Gasteiger charge is 2.10. The smallest absolute Gasteiger partial charge is 0.151 e. The minimum atomic E-state index is 0.375. The number of methoxy groups -OCH3 is 1. The molecule has 0 aliphatic rings. The van der Waals surface area contributed by atoms with Gasteiger partial charge >= 0.3 is 0 Å². The maximum Gasteiger partial charge on any atom is 0.151 e. The fraction of sp³-hybridized carbons (Fsp3) is 0.0909. The number of hydrogen-bond donors (Lipinski definition) is 0. The molecule has 0 radical (unpaired) electrons. The van der Waals surface area contributed by atoms with Gasteiger partial charge in [-0.1, -0.05) is 11.6 Å².